The molecule has 7 nitrogen and oxygen atoms in total. The molecule has 0 spiro atoms. The van der Waals surface area contributed by atoms with E-state index in [1.165, 1.54) is 0 Å². The van der Waals surface area contributed by atoms with Gasteiger partial charge >= 0.3 is 0 Å². The number of carbonyl (C=O) groups is 1. The number of carbonyl (C=O) groups excluding carboxylic acids is 1. The number of rotatable bonds is 10. The maximum atomic E-state index is 14.1. The third-order valence-corrected chi connectivity index (χ3v) is 7.63. The Morgan fingerprint density at radius 3 is 2.34 bits per heavy atom. The fourth-order valence-electron chi connectivity index (χ4n) is 5.20. The van der Waals surface area contributed by atoms with E-state index in [0.29, 0.717) is 47.2 Å². The van der Waals surface area contributed by atoms with Gasteiger partial charge in [0.1, 0.15) is 11.3 Å². The molecule has 1 amide bonds. The van der Waals surface area contributed by atoms with E-state index in [2.05, 4.69) is 13.8 Å². The van der Waals surface area contributed by atoms with Crippen LogP contribution in [0.4, 0.5) is 0 Å². The lowest BCUT2D eigenvalue weighted by atomic mass is 9.97. The molecule has 1 aromatic heterocycles. The van der Waals surface area contributed by atoms with Gasteiger partial charge in [-0.15, -0.1) is 0 Å². The van der Waals surface area contributed by atoms with Gasteiger partial charge in [-0.3, -0.25) is 9.59 Å². The minimum atomic E-state index is -0.661. The smallest absolute Gasteiger partial charge is 0.291 e. The van der Waals surface area contributed by atoms with Crippen LogP contribution in [0.2, 0.25) is 0 Å². The lowest BCUT2D eigenvalue weighted by molar-refractivity contribution is 0.0714. The Kier molecular flexibility index (Phi) is 8.06. The average Bonchev–Trinajstić information content (AvgIpc) is 3.22. The van der Waals surface area contributed by atoms with Gasteiger partial charge in [-0.2, -0.15) is 0 Å². The first-order valence-electron chi connectivity index (χ1n) is 14.1. The molecule has 1 aliphatic rings. The molecule has 1 atom stereocenters. The fourth-order valence-corrected chi connectivity index (χ4v) is 5.20. The normalized spacial score (nSPS) is 14.6. The van der Waals surface area contributed by atoms with Gasteiger partial charge in [0.05, 0.1) is 37.3 Å². The van der Waals surface area contributed by atoms with Crippen molar-refractivity contribution in [3.8, 4) is 17.2 Å². The van der Waals surface area contributed by atoms with Crippen molar-refractivity contribution in [2.45, 2.75) is 53.6 Å². The van der Waals surface area contributed by atoms with Gasteiger partial charge in [0.25, 0.3) is 5.91 Å². The number of hydrogen-bond acceptors (Lipinski definition) is 6. The zero-order chi connectivity index (χ0) is 29.3. The molecular weight excluding hydrogens is 518 g/mol. The monoisotopic (exact) mass is 555 g/mol. The molecule has 1 unspecified atom stereocenters. The summed E-state index contributed by atoms with van der Waals surface area (Å²) in [5.41, 5.74) is 4.19. The van der Waals surface area contributed by atoms with Crippen LogP contribution >= 0.6 is 0 Å². The number of hydrogen-bond donors (Lipinski definition) is 0. The second kappa shape index (κ2) is 11.7. The molecule has 3 aromatic carbocycles. The summed E-state index contributed by atoms with van der Waals surface area (Å²) in [6.07, 6.45) is 0.917. The van der Waals surface area contributed by atoms with E-state index in [1.54, 1.807) is 12.0 Å². The van der Waals surface area contributed by atoms with E-state index in [-0.39, 0.29) is 23.6 Å². The number of methoxy groups -OCH3 is 1. The van der Waals surface area contributed by atoms with Gasteiger partial charge in [0.2, 0.25) is 5.76 Å². The molecule has 0 saturated carbocycles. The summed E-state index contributed by atoms with van der Waals surface area (Å²) in [6.45, 7) is 11.4. The van der Waals surface area contributed by atoms with Gasteiger partial charge in [0, 0.05) is 6.54 Å². The highest BCUT2D eigenvalue weighted by Gasteiger charge is 2.43. The molecule has 2 heterocycles. The van der Waals surface area contributed by atoms with Crippen molar-refractivity contribution in [2.24, 2.45) is 5.92 Å². The summed E-state index contributed by atoms with van der Waals surface area (Å²) in [4.78, 5) is 29.7. The zero-order valence-electron chi connectivity index (χ0n) is 24.6. The van der Waals surface area contributed by atoms with Crippen molar-refractivity contribution < 1.29 is 23.4 Å². The van der Waals surface area contributed by atoms with Crippen LogP contribution < -0.4 is 19.6 Å². The van der Waals surface area contributed by atoms with E-state index in [9.17, 15) is 9.59 Å². The van der Waals surface area contributed by atoms with Crippen LogP contribution in [0.5, 0.6) is 17.2 Å². The van der Waals surface area contributed by atoms with Crippen LogP contribution in [0, 0.1) is 19.8 Å². The summed E-state index contributed by atoms with van der Waals surface area (Å²) < 4.78 is 23.5. The molecule has 0 saturated heterocycles. The second-order valence-electron chi connectivity index (χ2n) is 11.0. The molecule has 5 rings (SSSR count). The van der Waals surface area contributed by atoms with E-state index < -0.39 is 6.04 Å². The Morgan fingerprint density at radius 1 is 0.927 bits per heavy atom. The topological polar surface area (TPSA) is 78.2 Å². The summed E-state index contributed by atoms with van der Waals surface area (Å²) in [5.74, 6) is 2.21. The highest BCUT2D eigenvalue weighted by atomic mass is 16.5. The maximum absolute atomic E-state index is 14.1. The SMILES string of the molecule is CCOc1cc(C2c3c(oc4cc(C)c(C)cc4c3=O)C(=O)N2Cc2ccc(OC)cc2)ccc1OCCC(C)C. The largest absolute Gasteiger partial charge is 0.497 e. The summed E-state index contributed by atoms with van der Waals surface area (Å²) in [7, 11) is 1.61. The van der Waals surface area contributed by atoms with Gasteiger partial charge in [0.15, 0.2) is 16.9 Å². The molecule has 0 bridgehead atoms. The van der Waals surface area contributed by atoms with Crippen LogP contribution in [-0.2, 0) is 6.54 Å². The molecule has 41 heavy (non-hydrogen) atoms. The van der Waals surface area contributed by atoms with E-state index in [0.717, 1.165) is 34.4 Å². The van der Waals surface area contributed by atoms with Crippen molar-refractivity contribution in [1.29, 1.82) is 0 Å². The van der Waals surface area contributed by atoms with Gasteiger partial charge in [-0.25, -0.2) is 0 Å². The molecule has 0 radical (unpaired) electrons. The van der Waals surface area contributed by atoms with Crippen molar-refractivity contribution in [2.75, 3.05) is 20.3 Å². The Bertz CT molecular complexity index is 1640. The van der Waals surface area contributed by atoms with E-state index in [4.69, 9.17) is 18.6 Å². The minimum Gasteiger partial charge on any atom is -0.497 e. The predicted octanol–water partition coefficient (Wildman–Crippen LogP) is 6.99. The van der Waals surface area contributed by atoms with Crippen LogP contribution in [0.25, 0.3) is 11.0 Å². The number of nitrogens with zero attached hydrogens (tertiary/aromatic N) is 1. The molecule has 1 aliphatic heterocycles. The standard InChI is InChI=1S/C34H37NO6/c1-7-39-29-18-24(10-13-27(29)40-15-14-20(2)3)31-30-32(36)26-16-21(4)22(5)17-28(26)41-33(30)34(37)35(31)19-23-8-11-25(38-6)12-9-23/h8-13,16-18,20,31H,7,14-15,19H2,1-6H3. The first-order valence-corrected chi connectivity index (χ1v) is 14.1. The number of ether oxygens (including phenoxy) is 3. The molecule has 0 fully saturated rings. The third kappa shape index (κ3) is 5.53. The van der Waals surface area contributed by atoms with Crippen LogP contribution in [0.3, 0.4) is 0 Å². The lowest BCUT2D eigenvalue weighted by Crippen LogP contribution is -2.29. The predicted molar refractivity (Wildman–Crippen MR) is 159 cm³/mol. The highest BCUT2D eigenvalue weighted by Crippen LogP contribution is 2.42. The van der Waals surface area contributed by atoms with Gasteiger partial charge in [-0.1, -0.05) is 32.0 Å². The van der Waals surface area contributed by atoms with Gasteiger partial charge in [-0.05, 0) is 91.8 Å². The summed E-state index contributed by atoms with van der Waals surface area (Å²) in [5, 5.41) is 0.467. The fraction of sp³-hybridized carbons (Fsp3) is 0.353. The quantitative estimate of drug-likeness (QED) is 0.210. The Labute approximate surface area is 240 Å². The maximum Gasteiger partial charge on any atom is 0.291 e. The van der Waals surface area contributed by atoms with Crippen molar-refractivity contribution in [3.63, 3.8) is 0 Å². The zero-order valence-corrected chi connectivity index (χ0v) is 24.6. The first kappa shape index (κ1) is 28.3. The van der Waals surface area contributed by atoms with E-state index in [1.807, 2.05) is 75.4 Å². The molecule has 0 N–H and O–H groups in total. The third-order valence-electron chi connectivity index (χ3n) is 7.63. The van der Waals surface area contributed by atoms with Crippen LogP contribution in [0.1, 0.15) is 71.6 Å². The molecule has 7 heteroatoms. The van der Waals surface area contributed by atoms with Crippen molar-refractivity contribution in [1.82, 2.24) is 4.90 Å². The summed E-state index contributed by atoms with van der Waals surface area (Å²) >= 11 is 0. The van der Waals surface area contributed by atoms with Crippen LogP contribution in [-0.4, -0.2) is 31.1 Å². The summed E-state index contributed by atoms with van der Waals surface area (Å²) in [6, 6.07) is 16.2. The second-order valence-corrected chi connectivity index (χ2v) is 11.0. The minimum absolute atomic E-state index is 0.0829. The van der Waals surface area contributed by atoms with Gasteiger partial charge < -0.3 is 23.5 Å². The molecule has 0 aliphatic carbocycles. The molecule has 4 aromatic rings. The Balaban J connectivity index is 1.64. The Hall–Kier alpha value is -4.26. The highest BCUT2D eigenvalue weighted by molar-refractivity contribution is 5.99. The molecule has 214 valence electrons. The van der Waals surface area contributed by atoms with Crippen molar-refractivity contribution in [3.05, 3.63) is 98.4 Å². The van der Waals surface area contributed by atoms with E-state index >= 15 is 0 Å². The van der Waals surface area contributed by atoms with Crippen LogP contribution in [0.15, 0.2) is 63.8 Å². The first-order chi connectivity index (χ1) is 19.7. The number of fused-ring (bicyclic) bond motifs is 2. The number of aryl methyl sites for hydroxylation is 2. The Morgan fingerprint density at radius 2 is 1.66 bits per heavy atom. The average molecular weight is 556 g/mol. The lowest BCUT2D eigenvalue weighted by Gasteiger charge is -2.26. The number of amides is 1. The number of benzene rings is 3. The van der Waals surface area contributed by atoms with Crippen molar-refractivity contribution >= 4 is 16.9 Å². The molecular formula is C34H37NO6.